The molecule has 1 rings (SSSR count). The molecule has 0 heterocycles. The van der Waals surface area contributed by atoms with E-state index in [1.807, 2.05) is 0 Å². The lowest BCUT2D eigenvalue weighted by molar-refractivity contribution is -0.122. The Morgan fingerprint density at radius 1 is 1.50 bits per heavy atom. The number of nitrogens with two attached hydrogens (primary N) is 1. The van der Waals surface area contributed by atoms with Gasteiger partial charge in [-0.15, -0.1) is 0 Å². The van der Waals surface area contributed by atoms with Crippen LogP contribution in [0.4, 0.5) is 0 Å². The number of amides is 1. The molecule has 0 radical (unpaired) electrons. The van der Waals surface area contributed by atoms with E-state index >= 15 is 0 Å². The summed E-state index contributed by atoms with van der Waals surface area (Å²) in [5.74, 6) is 0.628. The van der Waals surface area contributed by atoms with Crippen LogP contribution in [0.1, 0.15) is 39.5 Å². The summed E-state index contributed by atoms with van der Waals surface area (Å²) >= 11 is 0. The molecule has 0 spiro atoms. The molecule has 0 aromatic rings. The molecule has 14 heavy (non-hydrogen) atoms. The van der Waals surface area contributed by atoms with Crippen LogP contribution >= 0.6 is 0 Å². The Labute approximate surface area is 86.4 Å². The first kappa shape index (κ1) is 11.5. The zero-order valence-corrected chi connectivity index (χ0v) is 9.31. The number of hydrogen-bond donors (Lipinski definition) is 2. The first-order chi connectivity index (χ1) is 6.58. The number of carbonyl (C=O) groups excluding carboxylic acids is 1. The highest BCUT2D eigenvalue weighted by atomic mass is 16.1. The lowest BCUT2D eigenvalue weighted by Gasteiger charge is -2.15. The van der Waals surface area contributed by atoms with Gasteiger partial charge in [0.1, 0.15) is 0 Å². The Morgan fingerprint density at radius 3 is 2.57 bits per heavy atom. The van der Waals surface area contributed by atoms with Crippen molar-refractivity contribution in [1.29, 1.82) is 0 Å². The minimum absolute atomic E-state index is 0.184. The van der Waals surface area contributed by atoms with Gasteiger partial charge in [0, 0.05) is 13.0 Å². The second kappa shape index (κ2) is 4.78. The number of rotatable bonds is 6. The highest BCUT2D eigenvalue weighted by molar-refractivity contribution is 5.76. The van der Waals surface area contributed by atoms with Crippen LogP contribution < -0.4 is 11.1 Å². The average Bonchev–Trinajstić information content (AvgIpc) is 2.82. The molecular weight excluding hydrogens is 176 g/mol. The van der Waals surface area contributed by atoms with E-state index < -0.39 is 0 Å². The molecule has 0 atom stereocenters. The SMILES string of the molecule is CC(C)CC(=O)NCC1(CCN)CC1. The predicted octanol–water partition coefficient (Wildman–Crippen LogP) is 1.28. The van der Waals surface area contributed by atoms with Crippen molar-refractivity contribution in [2.24, 2.45) is 17.1 Å². The monoisotopic (exact) mass is 198 g/mol. The fourth-order valence-electron chi connectivity index (χ4n) is 1.73. The molecule has 1 aliphatic rings. The van der Waals surface area contributed by atoms with Gasteiger partial charge in [0.2, 0.25) is 5.91 Å². The second-order valence-electron chi connectivity index (χ2n) is 4.91. The third kappa shape index (κ3) is 3.66. The summed E-state index contributed by atoms with van der Waals surface area (Å²) < 4.78 is 0. The Morgan fingerprint density at radius 2 is 2.14 bits per heavy atom. The van der Waals surface area contributed by atoms with Crippen molar-refractivity contribution in [2.75, 3.05) is 13.1 Å². The molecule has 0 bridgehead atoms. The van der Waals surface area contributed by atoms with Gasteiger partial charge in [0.05, 0.1) is 0 Å². The summed E-state index contributed by atoms with van der Waals surface area (Å²) in [5, 5.41) is 3.01. The fourth-order valence-corrected chi connectivity index (χ4v) is 1.73. The lowest BCUT2D eigenvalue weighted by atomic mass is 10.0. The standard InChI is InChI=1S/C11H22N2O/c1-9(2)7-10(14)13-8-11(3-4-11)5-6-12/h9H,3-8,12H2,1-2H3,(H,13,14). The van der Waals surface area contributed by atoms with Gasteiger partial charge in [-0.05, 0) is 37.1 Å². The maximum Gasteiger partial charge on any atom is 0.220 e. The average molecular weight is 198 g/mol. The van der Waals surface area contributed by atoms with Gasteiger partial charge < -0.3 is 11.1 Å². The molecule has 3 N–H and O–H groups in total. The van der Waals surface area contributed by atoms with Crippen LogP contribution in [0, 0.1) is 11.3 Å². The summed E-state index contributed by atoms with van der Waals surface area (Å²) in [6, 6.07) is 0. The molecule has 0 saturated heterocycles. The lowest BCUT2D eigenvalue weighted by Crippen LogP contribution is -2.31. The Bertz CT molecular complexity index is 197. The summed E-state index contributed by atoms with van der Waals surface area (Å²) in [5.41, 5.74) is 5.89. The van der Waals surface area contributed by atoms with Crippen molar-refractivity contribution in [2.45, 2.75) is 39.5 Å². The third-order valence-corrected chi connectivity index (χ3v) is 2.89. The van der Waals surface area contributed by atoms with Crippen LogP contribution in [0.25, 0.3) is 0 Å². The summed E-state index contributed by atoms with van der Waals surface area (Å²) in [7, 11) is 0. The van der Waals surface area contributed by atoms with Crippen LogP contribution in [-0.2, 0) is 4.79 Å². The van der Waals surface area contributed by atoms with Gasteiger partial charge in [-0.2, -0.15) is 0 Å². The van der Waals surface area contributed by atoms with Crippen molar-refractivity contribution < 1.29 is 4.79 Å². The molecule has 3 heteroatoms. The topological polar surface area (TPSA) is 55.1 Å². The largest absolute Gasteiger partial charge is 0.356 e. The molecule has 3 nitrogen and oxygen atoms in total. The van der Waals surface area contributed by atoms with Crippen LogP contribution in [0.2, 0.25) is 0 Å². The van der Waals surface area contributed by atoms with E-state index in [0.717, 1.165) is 19.5 Å². The number of nitrogens with one attached hydrogen (secondary N) is 1. The van der Waals surface area contributed by atoms with E-state index in [0.29, 0.717) is 17.8 Å². The second-order valence-corrected chi connectivity index (χ2v) is 4.91. The van der Waals surface area contributed by atoms with Gasteiger partial charge in [-0.3, -0.25) is 4.79 Å². The maximum atomic E-state index is 11.4. The molecule has 1 amide bonds. The normalized spacial score (nSPS) is 18.3. The summed E-state index contributed by atoms with van der Waals surface area (Å²) in [6.45, 7) is 5.69. The Hall–Kier alpha value is -0.570. The van der Waals surface area contributed by atoms with Crippen molar-refractivity contribution in [1.82, 2.24) is 5.32 Å². The molecule has 82 valence electrons. The molecule has 0 unspecified atom stereocenters. The smallest absolute Gasteiger partial charge is 0.220 e. The highest BCUT2D eigenvalue weighted by Gasteiger charge is 2.41. The zero-order valence-electron chi connectivity index (χ0n) is 9.31. The van der Waals surface area contributed by atoms with E-state index in [1.54, 1.807) is 0 Å². The minimum Gasteiger partial charge on any atom is -0.356 e. The molecular formula is C11H22N2O. The quantitative estimate of drug-likeness (QED) is 0.675. The Balaban J connectivity index is 2.17. The van der Waals surface area contributed by atoms with E-state index in [2.05, 4.69) is 19.2 Å². The summed E-state index contributed by atoms with van der Waals surface area (Å²) in [4.78, 5) is 11.4. The van der Waals surface area contributed by atoms with Gasteiger partial charge in [0.25, 0.3) is 0 Å². The van der Waals surface area contributed by atoms with Crippen molar-refractivity contribution in [3.05, 3.63) is 0 Å². The number of hydrogen-bond acceptors (Lipinski definition) is 2. The van der Waals surface area contributed by atoms with Crippen molar-refractivity contribution in [3.8, 4) is 0 Å². The van der Waals surface area contributed by atoms with Gasteiger partial charge in [-0.1, -0.05) is 13.8 Å². The van der Waals surface area contributed by atoms with Crippen LogP contribution in [0.3, 0.4) is 0 Å². The first-order valence-corrected chi connectivity index (χ1v) is 5.55. The van der Waals surface area contributed by atoms with E-state index in [9.17, 15) is 4.79 Å². The molecule has 1 aliphatic carbocycles. The van der Waals surface area contributed by atoms with Gasteiger partial charge in [-0.25, -0.2) is 0 Å². The molecule has 0 aromatic heterocycles. The first-order valence-electron chi connectivity index (χ1n) is 5.55. The summed E-state index contributed by atoms with van der Waals surface area (Å²) in [6.07, 6.45) is 4.14. The van der Waals surface area contributed by atoms with E-state index in [4.69, 9.17) is 5.73 Å². The number of carbonyl (C=O) groups is 1. The van der Waals surface area contributed by atoms with Crippen molar-refractivity contribution >= 4 is 5.91 Å². The van der Waals surface area contributed by atoms with Crippen LogP contribution in [0.5, 0.6) is 0 Å². The zero-order chi connectivity index (χ0) is 10.6. The van der Waals surface area contributed by atoms with Crippen LogP contribution in [-0.4, -0.2) is 19.0 Å². The highest BCUT2D eigenvalue weighted by Crippen LogP contribution is 2.47. The fraction of sp³-hybridized carbons (Fsp3) is 0.909. The molecule has 1 fully saturated rings. The van der Waals surface area contributed by atoms with Crippen LogP contribution in [0.15, 0.2) is 0 Å². The third-order valence-electron chi connectivity index (χ3n) is 2.89. The van der Waals surface area contributed by atoms with Gasteiger partial charge in [0.15, 0.2) is 0 Å². The van der Waals surface area contributed by atoms with Gasteiger partial charge >= 0.3 is 0 Å². The maximum absolute atomic E-state index is 11.4. The van der Waals surface area contributed by atoms with E-state index in [1.165, 1.54) is 12.8 Å². The van der Waals surface area contributed by atoms with Crippen molar-refractivity contribution in [3.63, 3.8) is 0 Å². The molecule has 0 aliphatic heterocycles. The molecule has 0 aromatic carbocycles. The predicted molar refractivity (Wildman–Crippen MR) is 57.8 cm³/mol. The minimum atomic E-state index is 0.184. The Kier molecular flexibility index (Phi) is 3.93. The van der Waals surface area contributed by atoms with E-state index in [-0.39, 0.29) is 5.91 Å². The molecule has 1 saturated carbocycles.